The Bertz CT molecular complexity index is 5270. The highest BCUT2D eigenvalue weighted by atomic mass is 32.2. The number of carboxylic acid groups (broad SMARTS) is 1. The van der Waals surface area contributed by atoms with Crippen LogP contribution in [0.5, 0.6) is 0 Å². The van der Waals surface area contributed by atoms with Crippen LogP contribution in [0.15, 0.2) is 75.3 Å². The van der Waals surface area contributed by atoms with Crippen molar-refractivity contribution >= 4 is 169 Å². The first kappa shape index (κ1) is 102. The van der Waals surface area contributed by atoms with Crippen molar-refractivity contribution in [2.75, 3.05) is 67.7 Å². The number of hydrogen-bond acceptors (Lipinski definition) is 27. The lowest BCUT2D eigenvalue weighted by Crippen LogP contribution is -2.61. The van der Waals surface area contributed by atoms with E-state index in [1.807, 2.05) is 0 Å². The number of nitrogens with two attached hydrogens (primary N) is 2. The molecule has 0 saturated carbocycles. The van der Waals surface area contributed by atoms with Crippen LogP contribution in [0.2, 0.25) is 0 Å². The summed E-state index contributed by atoms with van der Waals surface area (Å²) in [6.45, 7) is 8.46. The zero-order valence-electron chi connectivity index (χ0n) is 72.5. The monoisotopic (exact) mass is 1850 g/mol. The summed E-state index contributed by atoms with van der Waals surface area (Å²) >= 11 is 2.23. The van der Waals surface area contributed by atoms with Gasteiger partial charge in [0.25, 0.3) is 0 Å². The molecule has 13 amide bonds. The molecule has 0 spiro atoms. The van der Waals surface area contributed by atoms with Crippen LogP contribution < -0.4 is 81.7 Å². The van der Waals surface area contributed by atoms with E-state index in [2.05, 4.69) is 63.1 Å². The maximum atomic E-state index is 15.3. The molecule has 129 heavy (non-hydrogen) atoms. The number of nitrogens with zero attached hydrogens (tertiary/aromatic N) is 5. The summed E-state index contributed by atoms with van der Waals surface area (Å²) in [5.41, 5.74) is 7.82. The number of para-hydroxylation sites is 2. The molecule has 0 radical (unpaired) electrons. The van der Waals surface area contributed by atoms with Crippen LogP contribution >= 0.6 is 35.3 Å². The SMILES string of the molecule is CC[C@@H]1CC(=O)[C@H]([C@@H](C)O)NC(=O)[C@@H](CC(=O)[C@H](C)NC(=O)CN(C)C(=O)CCN)CSCCC(=O)n2c(=O)n3c(=O)n(c2=O)C(=O)CCSC[C@H](NC1=O)C(=O)N[C@@H](Cc1c[nH]c2ccccc12)C(=O)N[C@@H](C(C)C)C(=O)N[C@@H](CC(=O)O)C(=O)NCC(=O)N[C@@H](Cc1c[nH]c2ccccc12)C(=O)N[C@@H](C(C)C)C(=O)N1CCC[C@H]1C(=O)N[C@H](C(N)=O)CSCCC3=O. The van der Waals surface area contributed by atoms with Gasteiger partial charge in [0, 0.05) is 146 Å². The molecule has 700 valence electrons. The first-order valence-corrected chi connectivity index (χ1v) is 45.5. The fourth-order valence-electron chi connectivity index (χ4n) is 14.7. The van der Waals surface area contributed by atoms with Gasteiger partial charge in [-0.25, -0.2) is 14.4 Å². The highest BCUT2D eigenvalue weighted by Gasteiger charge is 2.43. The Labute approximate surface area is 751 Å². The number of aliphatic hydroxyl groups is 1. The van der Waals surface area contributed by atoms with E-state index in [1.165, 1.54) is 45.8 Å². The van der Waals surface area contributed by atoms with Gasteiger partial charge in [0.15, 0.2) is 11.6 Å². The van der Waals surface area contributed by atoms with Crippen molar-refractivity contribution in [2.24, 2.45) is 35.1 Å². The van der Waals surface area contributed by atoms with Gasteiger partial charge in [-0.3, -0.25) is 91.1 Å². The van der Waals surface area contributed by atoms with Gasteiger partial charge in [0.2, 0.25) is 94.5 Å². The van der Waals surface area contributed by atoms with Crippen LogP contribution in [0.1, 0.15) is 138 Å². The van der Waals surface area contributed by atoms with E-state index in [0.29, 0.717) is 44.7 Å². The Kier molecular flexibility index (Phi) is 37.8. The van der Waals surface area contributed by atoms with Crippen LogP contribution in [0, 0.1) is 23.7 Å². The molecule has 1 saturated heterocycles. The van der Waals surface area contributed by atoms with Crippen LogP contribution in [-0.4, -0.2) is 290 Å². The smallest absolute Gasteiger partial charge is 0.350 e. The predicted molar refractivity (Wildman–Crippen MR) is 472 cm³/mol. The van der Waals surface area contributed by atoms with Crippen LogP contribution in [0.25, 0.3) is 21.8 Å². The number of aromatic nitrogens is 5. The molecule has 2 aromatic carbocycles. The average Bonchev–Trinajstić information content (AvgIpc) is 1.39. The zero-order chi connectivity index (χ0) is 94.9. The van der Waals surface area contributed by atoms with E-state index in [-0.39, 0.29) is 58.9 Å². The van der Waals surface area contributed by atoms with Gasteiger partial charge in [-0.2, -0.15) is 49.0 Å². The first-order chi connectivity index (χ1) is 61.1. The van der Waals surface area contributed by atoms with E-state index >= 15 is 9.59 Å². The minimum Gasteiger partial charge on any atom is -0.481 e. The number of H-pyrrole nitrogens is 2. The number of fused-ring (bicyclic) bond motifs is 10. The number of amides is 13. The van der Waals surface area contributed by atoms with Gasteiger partial charge in [-0.1, -0.05) is 71.0 Å². The van der Waals surface area contributed by atoms with Gasteiger partial charge in [0.1, 0.15) is 54.4 Å². The number of primary amides is 1. The van der Waals surface area contributed by atoms with Crippen LogP contribution in [-0.2, 0) is 89.6 Å². The number of nitrogens with one attached hydrogen (secondary N) is 12. The van der Waals surface area contributed by atoms with Gasteiger partial charge >= 0.3 is 23.0 Å². The molecule has 3 aliphatic rings. The van der Waals surface area contributed by atoms with Crippen molar-refractivity contribution in [1.29, 1.82) is 0 Å². The number of thioether (sulfide) groups is 3. The number of carbonyl (C=O) groups excluding carboxylic acids is 18. The summed E-state index contributed by atoms with van der Waals surface area (Å²) < 4.78 is -0.470. The second-order valence-corrected chi connectivity index (χ2v) is 35.8. The molecule has 3 aromatic heterocycles. The summed E-state index contributed by atoms with van der Waals surface area (Å²) in [7, 11) is 1.32. The lowest BCUT2D eigenvalue weighted by molar-refractivity contribution is -0.143. The maximum absolute atomic E-state index is 15.3. The van der Waals surface area contributed by atoms with E-state index in [4.69, 9.17) is 11.5 Å². The van der Waals surface area contributed by atoms with Crippen molar-refractivity contribution < 1.29 is 101 Å². The quantitative estimate of drug-likeness (QED) is 0.0381. The number of aromatic amines is 2. The highest BCUT2D eigenvalue weighted by Crippen LogP contribution is 2.26. The molecule has 0 unspecified atom stereocenters. The van der Waals surface area contributed by atoms with Gasteiger partial charge in [-0.05, 0) is 68.2 Å². The molecule has 13 atom stereocenters. The van der Waals surface area contributed by atoms with E-state index < -0.39 is 312 Å². The van der Waals surface area contributed by atoms with Crippen molar-refractivity contribution in [2.45, 2.75) is 192 Å². The molecule has 0 aliphatic carbocycles. The molecular weight excluding hydrogens is 1740 g/mol. The molecule has 4 bridgehead atoms. The molecule has 5 aromatic rings. The Hall–Kier alpha value is -12.2. The zero-order valence-corrected chi connectivity index (χ0v) is 74.9. The third kappa shape index (κ3) is 27.7. The minimum atomic E-state index is -2.00. The molecule has 46 heteroatoms. The fourth-order valence-corrected chi connectivity index (χ4v) is 17.6. The summed E-state index contributed by atoms with van der Waals surface area (Å²) in [5, 5.41) is 47.8. The van der Waals surface area contributed by atoms with E-state index in [1.54, 1.807) is 68.6 Å². The second-order valence-electron chi connectivity index (χ2n) is 32.3. The number of ketones is 2. The molecular formula is C83H111N19O24S3. The number of likely N-dealkylation sites (N-methyl/N-ethyl adjacent to an activating group) is 1. The third-order valence-electron chi connectivity index (χ3n) is 22.0. The Morgan fingerprint density at radius 1 is 0.566 bits per heavy atom. The van der Waals surface area contributed by atoms with Crippen molar-refractivity contribution in [1.82, 2.24) is 86.6 Å². The van der Waals surface area contributed by atoms with Gasteiger partial charge < -0.3 is 94.6 Å². The fraction of sp³-hybridized carbons (Fsp3) is 0.542. The topological polar surface area (TPSA) is 641 Å². The Balaban J connectivity index is 1.21. The highest BCUT2D eigenvalue weighted by molar-refractivity contribution is 7.99. The molecule has 1 fully saturated rings. The van der Waals surface area contributed by atoms with Gasteiger partial charge in [0.05, 0.1) is 37.6 Å². The summed E-state index contributed by atoms with van der Waals surface area (Å²) in [6, 6.07) is -2.57. The molecule has 18 N–H and O–H groups in total. The van der Waals surface area contributed by atoms with Crippen molar-refractivity contribution in [3.63, 3.8) is 0 Å². The number of hydrogen-bond donors (Lipinski definition) is 16. The summed E-state index contributed by atoms with van der Waals surface area (Å²) in [5.74, 6) is -27.9. The van der Waals surface area contributed by atoms with Gasteiger partial charge in [-0.15, -0.1) is 0 Å². The maximum Gasteiger partial charge on any atom is 0.350 e. The number of aliphatic hydroxyl groups excluding tert-OH is 1. The second kappa shape index (κ2) is 47.8. The number of carbonyl (C=O) groups is 19. The van der Waals surface area contributed by atoms with E-state index in [9.17, 15) is 106 Å². The Morgan fingerprint density at radius 2 is 1.07 bits per heavy atom. The van der Waals surface area contributed by atoms with E-state index in [0.717, 1.165) is 35.3 Å². The average molecular weight is 1860 g/mol. The van der Waals surface area contributed by atoms with Crippen LogP contribution in [0.3, 0.4) is 0 Å². The largest absolute Gasteiger partial charge is 0.481 e. The normalized spacial score (nSPS) is 23.6. The molecule has 6 heterocycles. The van der Waals surface area contributed by atoms with Crippen molar-refractivity contribution in [3.8, 4) is 0 Å². The lowest BCUT2D eigenvalue weighted by atomic mass is 9.92. The number of benzene rings is 2. The molecule has 43 nitrogen and oxygen atoms in total. The number of rotatable bonds is 19. The van der Waals surface area contributed by atoms with Crippen LogP contribution in [0.4, 0.5) is 0 Å². The molecule has 8 rings (SSSR count). The minimum absolute atomic E-state index is 0.0278. The number of carboxylic acids is 1. The summed E-state index contributed by atoms with van der Waals surface area (Å²) in [4.78, 5) is 323. The lowest BCUT2D eigenvalue weighted by Gasteiger charge is -2.32. The number of Topliss-reactive ketones (excluding diaryl/α,β-unsaturated/α-hetero) is 2. The summed E-state index contributed by atoms with van der Waals surface area (Å²) in [6.07, 6.45) is -4.48. The van der Waals surface area contributed by atoms with Crippen molar-refractivity contribution in [3.05, 3.63) is 104 Å². The Morgan fingerprint density at radius 3 is 1.59 bits per heavy atom. The first-order valence-electron chi connectivity index (χ1n) is 42.1. The number of aliphatic carboxylic acids is 1. The third-order valence-corrected chi connectivity index (χ3v) is 25.2. The predicted octanol–water partition coefficient (Wildman–Crippen LogP) is -3.55. The molecule has 3 aliphatic heterocycles. The standard InChI is InChI=1S/C83H111N19O24S3/c1-9-45-31-60(105)70(44(7)103)97-73(116)48(32-59(104)43(6)89-62(107)37-98(8)63(108)20-24-84)38-127-26-21-64(109)100-81(124)101-65(110)22-27-128-39-56(71(85)114)93-78(121)58-19-14-25-99(58)80(123)69(42(4)5)96-75(118)53(29-46-34-86-51-17-12-10-15-49(46)51)90-61(106)36-88-74(117)55(33-67(112)113)92-79(122)68(41(2)3)95-76(119)54(30-47-35-87-52-18-13-11-16-50(47)52)91-77(120)57(94-72(45)115)40-129-28-23-66(111)102(82(100)125)83(101)126/h10-13,15-18,34-35,41-45,48,53-58,68-70,86-87,103H,9,14,19-33,36-40,84H2,1-8H3,(H2,85,114)(H,88,117)(H,89,107)(H,90,106)(H,91,120)(H,92,122)(H,93,121)(H,94,115)(H,95,119)(H,96,118)(H,97,116)(H,112,113)/t43-,44+,45+,48-,53-,54-,55-,56-,57-,58-,68-,69-,70-/m0/s1.